The normalized spacial score (nSPS) is 27.9. The van der Waals surface area contributed by atoms with E-state index in [2.05, 4.69) is 38.9 Å². The van der Waals surface area contributed by atoms with Gasteiger partial charge in [0, 0.05) is 9.85 Å². The summed E-state index contributed by atoms with van der Waals surface area (Å²) in [7, 11) is 0. The van der Waals surface area contributed by atoms with Gasteiger partial charge < -0.3 is 5.32 Å². The third-order valence-corrected chi connectivity index (χ3v) is 4.93. The van der Waals surface area contributed by atoms with Gasteiger partial charge in [0.25, 0.3) is 0 Å². The molecule has 2 unspecified atom stereocenters. The summed E-state index contributed by atoms with van der Waals surface area (Å²) >= 11 is 5.45. The van der Waals surface area contributed by atoms with Crippen molar-refractivity contribution in [2.75, 3.05) is 13.1 Å². The van der Waals surface area contributed by atoms with Crippen molar-refractivity contribution in [3.8, 4) is 0 Å². The minimum atomic E-state index is 0.766. The topological polar surface area (TPSA) is 12.0 Å². The molecule has 1 saturated heterocycles. The molecular formula is C11H16BrNS. The fraction of sp³-hybridized carbons (Fsp3) is 0.636. The Morgan fingerprint density at radius 2 is 2.43 bits per heavy atom. The van der Waals surface area contributed by atoms with Crippen molar-refractivity contribution in [2.45, 2.75) is 25.7 Å². The summed E-state index contributed by atoms with van der Waals surface area (Å²) in [5.41, 5.74) is 1.53. The zero-order valence-corrected chi connectivity index (χ0v) is 10.8. The molecule has 0 aromatic carbocycles. The van der Waals surface area contributed by atoms with Crippen LogP contribution < -0.4 is 5.32 Å². The van der Waals surface area contributed by atoms with Gasteiger partial charge in [-0.1, -0.05) is 13.3 Å². The van der Waals surface area contributed by atoms with E-state index in [-0.39, 0.29) is 0 Å². The first kappa shape index (κ1) is 10.7. The molecule has 0 amide bonds. The van der Waals surface area contributed by atoms with Gasteiger partial charge in [-0.15, -0.1) is 0 Å². The summed E-state index contributed by atoms with van der Waals surface area (Å²) in [5, 5.41) is 7.99. The van der Waals surface area contributed by atoms with E-state index in [1.807, 2.05) is 0 Å². The molecule has 78 valence electrons. The lowest BCUT2D eigenvalue weighted by Crippen LogP contribution is -2.35. The average Bonchev–Trinajstić information content (AvgIpc) is 2.64. The smallest absolute Gasteiger partial charge is 0.0317 e. The summed E-state index contributed by atoms with van der Waals surface area (Å²) in [6.45, 7) is 4.65. The lowest BCUT2D eigenvalue weighted by molar-refractivity contribution is 0.317. The molecule has 1 aromatic rings. The fourth-order valence-electron chi connectivity index (χ4n) is 2.32. The molecule has 0 radical (unpaired) electrons. The molecule has 1 nitrogen and oxygen atoms in total. The molecule has 14 heavy (non-hydrogen) atoms. The number of nitrogens with one attached hydrogen (secondary N) is 1. The molecule has 1 aliphatic rings. The van der Waals surface area contributed by atoms with E-state index in [1.165, 1.54) is 36.0 Å². The first-order chi connectivity index (χ1) is 6.83. The Bertz CT molecular complexity index is 297. The van der Waals surface area contributed by atoms with Crippen molar-refractivity contribution in [1.82, 2.24) is 5.32 Å². The van der Waals surface area contributed by atoms with Gasteiger partial charge in [-0.05, 0) is 58.2 Å². The Morgan fingerprint density at radius 1 is 1.57 bits per heavy atom. The van der Waals surface area contributed by atoms with Crippen molar-refractivity contribution in [3.05, 3.63) is 20.8 Å². The highest BCUT2D eigenvalue weighted by Gasteiger charge is 2.26. The highest BCUT2D eigenvalue weighted by molar-refractivity contribution is 9.10. The van der Waals surface area contributed by atoms with Gasteiger partial charge in [0.05, 0.1) is 0 Å². The minimum Gasteiger partial charge on any atom is -0.316 e. The van der Waals surface area contributed by atoms with Crippen LogP contribution in [0.5, 0.6) is 0 Å². The van der Waals surface area contributed by atoms with Crippen LogP contribution in [0.2, 0.25) is 0 Å². The largest absolute Gasteiger partial charge is 0.316 e. The molecule has 1 fully saturated rings. The van der Waals surface area contributed by atoms with Crippen molar-refractivity contribution in [1.29, 1.82) is 0 Å². The summed E-state index contributed by atoms with van der Waals surface area (Å²) in [4.78, 5) is 0. The Morgan fingerprint density at radius 3 is 3.07 bits per heavy atom. The molecule has 0 aliphatic carbocycles. The van der Waals surface area contributed by atoms with Crippen molar-refractivity contribution in [2.24, 2.45) is 5.92 Å². The molecule has 1 aliphatic heterocycles. The molecule has 2 atom stereocenters. The van der Waals surface area contributed by atoms with E-state index in [0.29, 0.717) is 0 Å². The van der Waals surface area contributed by atoms with Crippen molar-refractivity contribution < 1.29 is 0 Å². The maximum atomic E-state index is 3.65. The second-order valence-corrected chi connectivity index (χ2v) is 5.54. The van der Waals surface area contributed by atoms with Crippen LogP contribution in [0.25, 0.3) is 0 Å². The van der Waals surface area contributed by atoms with Crippen molar-refractivity contribution in [3.63, 3.8) is 0 Å². The third-order valence-electron chi connectivity index (χ3n) is 3.17. The molecule has 0 bridgehead atoms. The van der Waals surface area contributed by atoms with Crippen LogP contribution in [0.4, 0.5) is 0 Å². The molecule has 2 heterocycles. The number of piperidine rings is 1. The number of rotatable bonds is 2. The second-order valence-electron chi connectivity index (χ2n) is 3.94. The van der Waals surface area contributed by atoms with Crippen molar-refractivity contribution >= 4 is 27.3 Å². The average molecular weight is 274 g/mol. The monoisotopic (exact) mass is 273 g/mol. The Labute approximate surface area is 98.0 Å². The molecule has 0 saturated carbocycles. The van der Waals surface area contributed by atoms with E-state index in [4.69, 9.17) is 0 Å². The van der Waals surface area contributed by atoms with Crippen LogP contribution in [0.1, 0.15) is 31.2 Å². The zero-order chi connectivity index (χ0) is 9.97. The van der Waals surface area contributed by atoms with E-state index < -0.39 is 0 Å². The van der Waals surface area contributed by atoms with Gasteiger partial charge >= 0.3 is 0 Å². The van der Waals surface area contributed by atoms with Crippen LogP contribution in [0.15, 0.2) is 15.2 Å². The van der Waals surface area contributed by atoms with E-state index in [1.54, 1.807) is 11.3 Å². The standard InChI is InChI=1S/C11H16BrNS/c1-2-8-5-13-4-3-9(8)10-6-14-7-11(10)12/h6-9,13H,2-5H2,1H3. The molecule has 3 heteroatoms. The van der Waals surface area contributed by atoms with E-state index in [9.17, 15) is 0 Å². The van der Waals surface area contributed by atoms with Gasteiger partial charge in [-0.2, -0.15) is 11.3 Å². The Balaban J connectivity index is 2.19. The number of thiophene rings is 1. The highest BCUT2D eigenvalue weighted by atomic mass is 79.9. The molecule has 1 aromatic heterocycles. The predicted octanol–water partition coefficient (Wildman–Crippen LogP) is 3.61. The summed E-state index contributed by atoms with van der Waals surface area (Å²) in [6.07, 6.45) is 2.56. The minimum absolute atomic E-state index is 0.766. The van der Waals surface area contributed by atoms with Crippen LogP contribution in [0.3, 0.4) is 0 Å². The Hall–Kier alpha value is 0.140. The lowest BCUT2D eigenvalue weighted by atomic mass is 9.81. The molecular weight excluding hydrogens is 258 g/mol. The van der Waals surface area contributed by atoms with Gasteiger partial charge in [0.15, 0.2) is 0 Å². The summed E-state index contributed by atoms with van der Waals surface area (Å²) < 4.78 is 1.31. The molecule has 2 rings (SSSR count). The zero-order valence-electron chi connectivity index (χ0n) is 8.42. The van der Waals surface area contributed by atoms with Crippen LogP contribution >= 0.6 is 27.3 Å². The fourth-order valence-corrected chi connectivity index (χ4v) is 3.97. The quantitative estimate of drug-likeness (QED) is 0.868. The summed E-state index contributed by atoms with van der Waals surface area (Å²) in [5.74, 6) is 1.58. The van der Waals surface area contributed by atoms with Gasteiger partial charge in [0.2, 0.25) is 0 Å². The second kappa shape index (κ2) is 4.77. The van der Waals surface area contributed by atoms with Gasteiger partial charge in [-0.3, -0.25) is 0 Å². The maximum absolute atomic E-state index is 3.65. The molecule has 0 spiro atoms. The van der Waals surface area contributed by atoms with Gasteiger partial charge in [-0.25, -0.2) is 0 Å². The highest BCUT2D eigenvalue weighted by Crippen LogP contribution is 2.37. The van der Waals surface area contributed by atoms with E-state index >= 15 is 0 Å². The Kier molecular flexibility index (Phi) is 3.63. The van der Waals surface area contributed by atoms with Crippen LogP contribution in [0, 0.1) is 5.92 Å². The van der Waals surface area contributed by atoms with Gasteiger partial charge in [0.1, 0.15) is 0 Å². The van der Waals surface area contributed by atoms with E-state index in [0.717, 1.165) is 11.8 Å². The first-order valence-corrected chi connectivity index (χ1v) is 6.98. The first-order valence-electron chi connectivity index (χ1n) is 5.25. The van der Waals surface area contributed by atoms with Crippen LogP contribution in [-0.2, 0) is 0 Å². The third kappa shape index (κ3) is 2.05. The summed E-state index contributed by atoms with van der Waals surface area (Å²) in [6, 6.07) is 0. The maximum Gasteiger partial charge on any atom is 0.0317 e. The SMILES string of the molecule is CCC1CNCCC1c1cscc1Br. The predicted molar refractivity (Wildman–Crippen MR) is 66.0 cm³/mol. The lowest BCUT2D eigenvalue weighted by Gasteiger charge is -2.31. The molecule has 1 N–H and O–H groups in total. The van der Waals surface area contributed by atoms with Crippen LogP contribution in [-0.4, -0.2) is 13.1 Å². The number of hydrogen-bond donors (Lipinski definition) is 1. The number of halogens is 1. The number of hydrogen-bond acceptors (Lipinski definition) is 2.